The molecule has 16 heavy (non-hydrogen) atoms. The van der Waals surface area contributed by atoms with Crippen molar-refractivity contribution in [2.45, 2.75) is 25.7 Å². The Morgan fingerprint density at radius 3 is 2.62 bits per heavy atom. The molecule has 1 aliphatic heterocycles. The van der Waals surface area contributed by atoms with E-state index in [4.69, 9.17) is 4.74 Å². The van der Waals surface area contributed by atoms with E-state index >= 15 is 0 Å². The summed E-state index contributed by atoms with van der Waals surface area (Å²) in [5.74, 6) is 1.91. The van der Waals surface area contributed by atoms with Crippen LogP contribution in [-0.4, -0.2) is 19.7 Å². The van der Waals surface area contributed by atoms with E-state index in [0.717, 1.165) is 18.3 Å². The molecule has 1 fully saturated rings. The molecule has 2 rings (SSSR count). The molecule has 1 saturated heterocycles. The lowest BCUT2D eigenvalue weighted by Gasteiger charge is -2.22. The van der Waals surface area contributed by atoms with Gasteiger partial charge in [-0.05, 0) is 56.8 Å². The number of ether oxygens (including phenoxy) is 1. The summed E-state index contributed by atoms with van der Waals surface area (Å²) in [6.07, 6.45) is 5.17. The first-order valence-corrected chi connectivity index (χ1v) is 6.34. The average molecular weight is 219 g/mol. The molecule has 1 aliphatic rings. The Balaban J connectivity index is 1.58. The zero-order valence-corrected chi connectivity index (χ0v) is 9.82. The molecule has 0 aliphatic carbocycles. The lowest BCUT2D eigenvalue weighted by atomic mass is 9.93. The molecule has 88 valence electrons. The minimum Gasteiger partial charge on any atom is -0.494 e. The highest BCUT2D eigenvalue weighted by Gasteiger charge is 2.11. The van der Waals surface area contributed by atoms with Crippen molar-refractivity contribution in [3.8, 4) is 5.75 Å². The molecule has 1 heterocycles. The predicted octanol–water partition coefficient (Wildman–Crippen LogP) is 2.85. The quantitative estimate of drug-likeness (QED) is 0.769. The highest BCUT2D eigenvalue weighted by molar-refractivity contribution is 5.20. The Hall–Kier alpha value is -1.02. The van der Waals surface area contributed by atoms with Gasteiger partial charge in [-0.1, -0.05) is 18.2 Å². The van der Waals surface area contributed by atoms with Crippen molar-refractivity contribution in [3.05, 3.63) is 30.3 Å². The highest BCUT2D eigenvalue weighted by Crippen LogP contribution is 2.18. The second kappa shape index (κ2) is 6.54. The molecule has 0 bridgehead atoms. The molecule has 0 unspecified atom stereocenters. The Morgan fingerprint density at radius 1 is 1.12 bits per heavy atom. The molecule has 2 heteroatoms. The van der Waals surface area contributed by atoms with Crippen LogP contribution < -0.4 is 10.1 Å². The van der Waals surface area contributed by atoms with Gasteiger partial charge in [0.05, 0.1) is 6.61 Å². The molecule has 0 atom stereocenters. The lowest BCUT2D eigenvalue weighted by Crippen LogP contribution is -2.27. The SMILES string of the molecule is c1ccc(OCCCC2CCNCC2)cc1. The van der Waals surface area contributed by atoms with E-state index in [0.29, 0.717) is 0 Å². The summed E-state index contributed by atoms with van der Waals surface area (Å²) in [5, 5.41) is 3.40. The van der Waals surface area contributed by atoms with Gasteiger partial charge in [0, 0.05) is 0 Å². The van der Waals surface area contributed by atoms with E-state index in [1.54, 1.807) is 0 Å². The third-order valence-electron chi connectivity index (χ3n) is 3.23. The molecule has 1 aromatic rings. The van der Waals surface area contributed by atoms with E-state index in [-0.39, 0.29) is 0 Å². The zero-order chi connectivity index (χ0) is 11.1. The van der Waals surface area contributed by atoms with Crippen LogP contribution >= 0.6 is 0 Å². The average Bonchev–Trinajstić information content (AvgIpc) is 2.37. The van der Waals surface area contributed by atoms with Crippen LogP contribution in [0.1, 0.15) is 25.7 Å². The van der Waals surface area contributed by atoms with Gasteiger partial charge in [0.1, 0.15) is 5.75 Å². The first-order chi connectivity index (χ1) is 7.95. The fourth-order valence-corrected chi connectivity index (χ4v) is 2.25. The van der Waals surface area contributed by atoms with Crippen molar-refractivity contribution in [3.63, 3.8) is 0 Å². The van der Waals surface area contributed by atoms with Gasteiger partial charge in [-0.3, -0.25) is 0 Å². The van der Waals surface area contributed by atoms with Crippen molar-refractivity contribution in [1.82, 2.24) is 5.32 Å². The summed E-state index contributed by atoms with van der Waals surface area (Å²) in [7, 11) is 0. The van der Waals surface area contributed by atoms with Gasteiger partial charge in [-0.2, -0.15) is 0 Å². The summed E-state index contributed by atoms with van der Waals surface area (Å²) in [6, 6.07) is 10.1. The highest BCUT2D eigenvalue weighted by atomic mass is 16.5. The predicted molar refractivity (Wildman–Crippen MR) is 66.8 cm³/mol. The number of hydrogen-bond donors (Lipinski definition) is 1. The van der Waals surface area contributed by atoms with Crippen molar-refractivity contribution in [2.75, 3.05) is 19.7 Å². The van der Waals surface area contributed by atoms with Gasteiger partial charge in [0.25, 0.3) is 0 Å². The van der Waals surface area contributed by atoms with Crippen LogP contribution in [0.4, 0.5) is 0 Å². The van der Waals surface area contributed by atoms with Gasteiger partial charge < -0.3 is 10.1 Å². The first-order valence-electron chi connectivity index (χ1n) is 6.34. The van der Waals surface area contributed by atoms with Crippen LogP contribution in [0.15, 0.2) is 30.3 Å². The van der Waals surface area contributed by atoms with E-state index in [2.05, 4.69) is 5.32 Å². The van der Waals surface area contributed by atoms with Gasteiger partial charge in [0.2, 0.25) is 0 Å². The minimum atomic E-state index is 0.855. The maximum atomic E-state index is 5.68. The van der Waals surface area contributed by atoms with Crippen molar-refractivity contribution in [1.29, 1.82) is 0 Å². The Kier molecular flexibility index (Phi) is 4.69. The van der Waals surface area contributed by atoms with Gasteiger partial charge in [0.15, 0.2) is 0 Å². The second-order valence-electron chi connectivity index (χ2n) is 4.50. The topological polar surface area (TPSA) is 21.3 Å². The maximum Gasteiger partial charge on any atom is 0.119 e. The fraction of sp³-hybridized carbons (Fsp3) is 0.571. The molecule has 0 saturated carbocycles. The third-order valence-corrected chi connectivity index (χ3v) is 3.23. The van der Waals surface area contributed by atoms with Crippen molar-refractivity contribution >= 4 is 0 Å². The number of benzene rings is 1. The Bertz CT molecular complexity index is 280. The summed E-state index contributed by atoms with van der Waals surface area (Å²) in [4.78, 5) is 0. The van der Waals surface area contributed by atoms with Crippen molar-refractivity contribution in [2.24, 2.45) is 5.92 Å². The van der Waals surface area contributed by atoms with Gasteiger partial charge in [-0.25, -0.2) is 0 Å². The third kappa shape index (κ3) is 3.86. The number of hydrogen-bond acceptors (Lipinski definition) is 2. The van der Waals surface area contributed by atoms with E-state index < -0.39 is 0 Å². The summed E-state index contributed by atoms with van der Waals surface area (Å²) in [6.45, 7) is 3.25. The van der Waals surface area contributed by atoms with E-state index in [9.17, 15) is 0 Å². The van der Waals surface area contributed by atoms with Gasteiger partial charge in [-0.15, -0.1) is 0 Å². The van der Waals surface area contributed by atoms with Crippen LogP contribution in [0.25, 0.3) is 0 Å². The number of para-hydroxylation sites is 1. The molecule has 2 nitrogen and oxygen atoms in total. The summed E-state index contributed by atoms with van der Waals surface area (Å²) in [5.41, 5.74) is 0. The molecule has 0 spiro atoms. The Morgan fingerprint density at radius 2 is 1.88 bits per heavy atom. The second-order valence-corrected chi connectivity index (χ2v) is 4.50. The lowest BCUT2D eigenvalue weighted by molar-refractivity contribution is 0.274. The summed E-state index contributed by atoms with van der Waals surface area (Å²) >= 11 is 0. The molecular weight excluding hydrogens is 198 g/mol. The maximum absolute atomic E-state index is 5.68. The van der Waals surface area contributed by atoms with Crippen LogP contribution in [0.2, 0.25) is 0 Å². The van der Waals surface area contributed by atoms with Crippen LogP contribution in [0.3, 0.4) is 0 Å². The number of piperidine rings is 1. The molecule has 0 aromatic heterocycles. The number of nitrogens with one attached hydrogen (secondary N) is 1. The number of rotatable bonds is 5. The minimum absolute atomic E-state index is 0.855. The monoisotopic (exact) mass is 219 g/mol. The van der Waals surface area contributed by atoms with Gasteiger partial charge >= 0.3 is 0 Å². The van der Waals surface area contributed by atoms with Crippen LogP contribution in [0, 0.1) is 5.92 Å². The first kappa shape index (κ1) is 11.5. The zero-order valence-electron chi connectivity index (χ0n) is 9.82. The summed E-state index contributed by atoms with van der Waals surface area (Å²) < 4.78 is 5.68. The Labute approximate surface area is 98.0 Å². The largest absolute Gasteiger partial charge is 0.494 e. The van der Waals surface area contributed by atoms with E-state index in [1.807, 2.05) is 30.3 Å². The fourth-order valence-electron chi connectivity index (χ4n) is 2.25. The smallest absolute Gasteiger partial charge is 0.119 e. The standard InChI is InChI=1S/C14H21NO/c1-2-6-14(7-3-1)16-12-4-5-13-8-10-15-11-9-13/h1-3,6-7,13,15H,4-5,8-12H2. The molecule has 0 amide bonds. The molecular formula is C14H21NO. The molecule has 1 N–H and O–H groups in total. The van der Waals surface area contributed by atoms with E-state index in [1.165, 1.54) is 38.8 Å². The molecule has 1 aromatic carbocycles. The normalized spacial score (nSPS) is 17.2. The van der Waals surface area contributed by atoms with Crippen LogP contribution in [0.5, 0.6) is 5.75 Å². The van der Waals surface area contributed by atoms with Crippen molar-refractivity contribution < 1.29 is 4.74 Å². The molecule has 0 radical (unpaired) electrons. The van der Waals surface area contributed by atoms with Crippen LogP contribution in [-0.2, 0) is 0 Å².